The Kier molecular flexibility index (Phi) is 5.18. The molecule has 1 N–H and O–H groups in total. The van der Waals surface area contributed by atoms with Crippen molar-refractivity contribution in [3.63, 3.8) is 0 Å². The molecule has 2 atom stereocenters. The molecule has 3 heteroatoms. The minimum absolute atomic E-state index is 0.295. The molecule has 2 aromatic rings. The van der Waals surface area contributed by atoms with Crippen LogP contribution in [0.25, 0.3) is 0 Å². The van der Waals surface area contributed by atoms with Gasteiger partial charge in [-0.05, 0) is 38.3 Å². The molecule has 0 aliphatic carbocycles. The van der Waals surface area contributed by atoms with Crippen molar-refractivity contribution >= 4 is 0 Å². The van der Waals surface area contributed by atoms with Crippen LogP contribution in [0.3, 0.4) is 0 Å². The Hall–Kier alpha value is -1.61. The second kappa shape index (κ2) is 6.90. The standard InChI is InChI=1S/C18H27N3/c1-6-7-16-8-10-17(11-9-16)13(2)20-14(3)18-12-19-21(5)15(18)4/h8-14,20H,6-7H2,1-5H3. The molecule has 0 radical (unpaired) electrons. The predicted molar refractivity (Wildman–Crippen MR) is 88.3 cm³/mol. The Bertz CT molecular complexity index is 569. The minimum Gasteiger partial charge on any atom is -0.304 e. The molecule has 0 spiro atoms. The number of nitrogens with one attached hydrogen (secondary N) is 1. The lowest BCUT2D eigenvalue weighted by Gasteiger charge is -2.20. The fourth-order valence-corrected chi connectivity index (χ4v) is 2.76. The number of aromatic nitrogens is 2. The number of rotatable bonds is 6. The topological polar surface area (TPSA) is 29.9 Å². The van der Waals surface area contributed by atoms with Gasteiger partial charge in [0, 0.05) is 30.4 Å². The number of benzene rings is 1. The van der Waals surface area contributed by atoms with Gasteiger partial charge in [-0.3, -0.25) is 4.68 Å². The molecule has 2 unspecified atom stereocenters. The summed E-state index contributed by atoms with van der Waals surface area (Å²) in [5.41, 5.74) is 5.25. The van der Waals surface area contributed by atoms with Gasteiger partial charge in [0.25, 0.3) is 0 Å². The van der Waals surface area contributed by atoms with E-state index in [0.29, 0.717) is 12.1 Å². The third kappa shape index (κ3) is 3.73. The number of hydrogen-bond acceptors (Lipinski definition) is 2. The zero-order valence-electron chi connectivity index (χ0n) is 13.9. The summed E-state index contributed by atoms with van der Waals surface area (Å²) in [6, 6.07) is 9.60. The number of aryl methyl sites for hydroxylation is 2. The van der Waals surface area contributed by atoms with E-state index < -0.39 is 0 Å². The van der Waals surface area contributed by atoms with Gasteiger partial charge in [-0.2, -0.15) is 5.10 Å². The van der Waals surface area contributed by atoms with Crippen LogP contribution in [0.2, 0.25) is 0 Å². The van der Waals surface area contributed by atoms with Crippen molar-refractivity contribution < 1.29 is 0 Å². The number of nitrogens with zero attached hydrogens (tertiary/aromatic N) is 2. The first kappa shape index (κ1) is 15.8. The summed E-state index contributed by atoms with van der Waals surface area (Å²) < 4.78 is 1.93. The fourth-order valence-electron chi connectivity index (χ4n) is 2.76. The lowest BCUT2D eigenvalue weighted by molar-refractivity contribution is 0.492. The molecule has 0 aliphatic heterocycles. The Balaban J connectivity index is 2.03. The first-order chi connectivity index (χ1) is 10.0. The van der Waals surface area contributed by atoms with Crippen LogP contribution in [0.4, 0.5) is 0 Å². The van der Waals surface area contributed by atoms with E-state index in [9.17, 15) is 0 Å². The van der Waals surface area contributed by atoms with Gasteiger partial charge in [0.2, 0.25) is 0 Å². The maximum absolute atomic E-state index is 4.33. The van der Waals surface area contributed by atoms with Gasteiger partial charge in [0.15, 0.2) is 0 Å². The lowest BCUT2D eigenvalue weighted by atomic mass is 10.0. The smallest absolute Gasteiger partial charge is 0.0540 e. The fraction of sp³-hybridized carbons (Fsp3) is 0.500. The Morgan fingerprint density at radius 3 is 2.33 bits per heavy atom. The SMILES string of the molecule is CCCc1ccc(C(C)NC(C)c2cnn(C)c2C)cc1. The molecule has 2 rings (SSSR count). The zero-order valence-corrected chi connectivity index (χ0v) is 13.9. The molecule has 3 nitrogen and oxygen atoms in total. The average Bonchev–Trinajstić information content (AvgIpc) is 2.80. The second-order valence-corrected chi connectivity index (χ2v) is 5.91. The zero-order chi connectivity index (χ0) is 15.4. The molecule has 21 heavy (non-hydrogen) atoms. The molecular formula is C18H27N3. The molecule has 1 aromatic carbocycles. The summed E-state index contributed by atoms with van der Waals surface area (Å²) in [6.45, 7) is 8.75. The first-order valence-electron chi connectivity index (χ1n) is 7.86. The van der Waals surface area contributed by atoms with Crippen LogP contribution < -0.4 is 5.32 Å². The van der Waals surface area contributed by atoms with E-state index in [-0.39, 0.29) is 0 Å². The second-order valence-electron chi connectivity index (χ2n) is 5.91. The molecule has 0 saturated heterocycles. The van der Waals surface area contributed by atoms with Gasteiger partial charge in [-0.15, -0.1) is 0 Å². The van der Waals surface area contributed by atoms with Crippen molar-refractivity contribution in [1.82, 2.24) is 15.1 Å². The van der Waals surface area contributed by atoms with Crippen LogP contribution in [0.5, 0.6) is 0 Å². The quantitative estimate of drug-likeness (QED) is 0.866. The predicted octanol–water partition coefficient (Wildman–Crippen LogP) is 4.09. The van der Waals surface area contributed by atoms with E-state index >= 15 is 0 Å². The summed E-state index contributed by atoms with van der Waals surface area (Å²) >= 11 is 0. The summed E-state index contributed by atoms with van der Waals surface area (Å²) in [6.07, 6.45) is 4.32. The van der Waals surface area contributed by atoms with Crippen molar-refractivity contribution in [2.24, 2.45) is 7.05 Å². The molecule has 114 valence electrons. The van der Waals surface area contributed by atoms with Gasteiger partial charge < -0.3 is 5.32 Å². The van der Waals surface area contributed by atoms with Gasteiger partial charge in [-0.25, -0.2) is 0 Å². The third-order valence-corrected chi connectivity index (χ3v) is 4.26. The third-order valence-electron chi connectivity index (χ3n) is 4.26. The summed E-state index contributed by atoms with van der Waals surface area (Å²) in [5, 5.41) is 7.99. The summed E-state index contributed by atoms with van der Waals surface area (Å²) in [7, 11) is 1.99. The van der Waals surface area contributed by atoms with Crippen LogP contribution in [-0.4, -0.2) is 9.78 Å². The highest BCUT2D eigenvalue weighted by atomic mass is 15.3. The number of hydrogen-bond donors (Lipinski definition) is 1. The normalized spacial score (nSPS) is 14.1. The molecule has 0 saturated carbocycles. The van der Waals surface area contributed by atoms with Crippen LogP contribution in [0.1, 0.15) is 61.7 Å². The first-order valence-corrected chi connectivity index (χ1v) is 7.86. The van der Waals surface area contributed by atoms with Gasteiger partial charge in [-0.1, -0.05) is 37.6 Å². The maximum atomic E-state index is 4.33. The van der Waals surface area contributed by atoms with E-state index in [1.807, 2.05) is 17.9 Å². The largest absolute Gasteiger partial charge is 0.304 e. The van der Waals surface area contributed by atoms with Crippen LogP contribution >= 0.6 is 0 Å². The summed E-state index contributed by atoms with van der Waals surface area (Å²) in [5.74, 6) is 0. The highest BCUT2D eigenvalue weighted by Crippen LogP contribution is 2.21. The van der Waals surface area contributed by atoms with Crippen molar-refractivity contribution in [2.45, 2.75) is 52.6 Å². The Morgan fingerprint density at radius 2 is 1.81 bits per heavy atom. The molecule has 0 amide bonds. The van der Waals surface area contributed by atoms with Crippen LogP contribution in [-0.2, 0) is 13.5 Å². The molecule has 0 fully saturated rings. The lowest BCUT2D eigenvalue weighted by Crippen LogP contribution is -2.22. The molecule has 0 aliphatic rings. The Labute approximate surface area is 128 Å². The van der Waals surface area contributed by atoms with Crippen molar-refractivity contribution in [1.29, 1.82) is 0 Å². The highest BCUT2D eigenvalue weighted by molar-refractivity contribution is 5.26. The van der Waals surface area contributed by atoms with Crippen LogP contribution in [0, 0.1) is 6.92 Å². The van der Waals surface area contributed by atoms with Gasteiger partial charge >= 0.3 is 0 Å². The monoisotopic (exact) mass is 285 g/mol. The molecular weight excluding hydrogens is 258 g/mol. The molecule has 0 bridgehead atoms. The van der Waals surface area contributed by atoms with Gasteiger partial charge in [0.05, 0.1) is 6.20 Å². The molecule has 1 heterocycles. The van der Waals surface area contributed by atoms with E-state index in [2.05, 4.69) is 62.4 Å². The molecule has 1 aromatic heterocycles. The van der Waals surface area contributed by atoms with E-state index in [1.54, 1.807) is 0 Å². The van der Waals surface area contributed by atoms with E-state index in [0.717, 1.165) is 6.42 Å². The highest BCUT2D eigenvalue weighted by Gasteiger charge is 2.15. The van der Waals surface area contributed by atoms with Crippen molar-refractivity contribution in [3.8, 4) is 0 Å². The van der Waals surface area contributed by atoms with Crippen LogP contribution in [0.15, 0.2) is 30.5 Å². The van der Waals surface area contributed by atoms with Crippen molar-refractivity contribution in [2.75, 3.05) is 0 Å². The van der Waals surface area contributed by atoms with Crippen molar-refractivity contribution in [3.05, 3.63) is 52.8 Å². The van der Waals surface area contributed by atoms with E-state index in [1.165, 1.54) is 28.8 Å². The van der Waals surface area contributed by atoms with Gasteiger partial charge in [0.1, 0.15) is 0 Å². The Morgan fingerprint density at radius 1 is 1.14 bits per heavy atom. The minimum atomic E-state index is 0.295. The summed E-state index contributed by atoms with van der Waals surface area (Å²) in [4.78, 5) is 0. The van der Waals surface area contributed by atoms with E-state index in [4.69, 9.17) is 0 Å². The maximum Gasteiger partial charge on any atom is 0.0540 e. The average molecular weight is 285 g/mol.